The van der Waals surface area contributed by atoms with Crippen LogP contribution in [0.25, 0.3) is 21.6 Å². The molecule has 3 heterocycles. The summed E-state index contributed by atoms with van der Waals surface area (Å²) in [6.07, 6.45) is 5.23. The van der Waals surface area contributed by atoms with Crippen LogP contribution in [0.1, 0.15) is 37.6 Å². The number of benzene rings is 1. The van der Waals surface area contributed by atoms with Crippen LogP contribution >= 0.6 is 0 Å². The van der Waals surface area contributed by atoms with E-state index in [0.717, 1.165) is 46.8 Å². The van der Waals surface area contributed by atoms with E-state index in [2.05, 4.69) is 24.6 Å². The van der Waals surface area contributed by atoms with Crippen molar-refractivity contribution >= 4 is 11.2 Å². The normalized spacial score (nSPS) is 24.8. The van der Waals surface area contributed by atoms with Crippen molar-refractivity contribution in [3.63, 3.8) is 0 Å². The van der Waals surface area contributed by atoms with Crippen LogP contribution in [0.4, 0.5) is 0 Å². The molecule has 0 unspecified atom stereocenters. The SMILES string of the molecule is COc1ccc(CCc2ncnc3c2ncn3[C@@H]2C[C@H](CN=[N+]=[N-])[C@H]3OC(C)(C)O[C@H]32)c(OC)c1. The highest BCUT2D eigenvalue weighted by molar-refractivity contribution is 5.73. The van der Waals surface area contributed by atoms with Gasteiger partial charge in [0.25, 0.3) is 0 Å². The number of aryl methyl sites for hydroxylation is 2. The Kier molecular flexibility index (Phi) is 6.22. The lowest BCUT2D eigenvalue weighted by Crippen LogP contribution is -2.27. The molecule has 5 rings (SSSR count). The molecule has 1 aromatic carbocycles. The minimum atomic E-state index is -0.698. The maximum absolute atomic E-state index is 8.82. The third-order valence-electron chi connectivity index (χ3n) is 6.85. The van der Waals surface area contributed by atoms with Crippen LogP contribution in [-0.4, -0.2) is 58.3 Å². The molecule has 184 valence electrons. The van der Waals surface area contributed by atoms with E-state index >= 15 is 0 Å². The quantitative estimate of drug-likeness (QED) is 0.271. The largest absolute Gasteiger partial charge is 0.497 e. The second-order valence-electron chi connectivity index (χ2n) is 9.36. The fraction of sp³-hybridized carbons (Fsp3) is 0.542. The van der Waals surface area contributed by atoms with Crippen molar-refractivity contribution in [2.45, 2.75) is 57.1 Å². The summed E-state index contributed by atoms with van der Waals surface area (Å²) in [4.78, 5) is 16.7. The van der Waals surface area contributed by atoms with E-state index < -0.39 is 5.79 Å². The van der Waals surface area contributed by atoms with Gasteiger partial charge in [0.15, 0.2) is 11.4 Å². The van der Waals surface area contributed by atoms with Gasteiger partial charge in [-0.1, -0.05) is 11.2 Å². The average molecular weight is 480 g/mol. The Morgan fingerprint density at radius 3 is 2.74 bits per heavy atom. The molecule has 0 N–H and O–H groups in total. The summed E-state index contributed by atoms with van der Waals surface area (Å²) in [6.45, 7) is 4.18. The van der Waals surface area contributed by atoms with E-state index in [4.69, 9.17) is 29.5 Å². The summed E-state index contributed by atoms with van der Waals surface area (Å²) in [5.74, 6) is 0.896. The fourth-order valence-electron chi connectivity index (χ4n) is 5.29. The second-order valence-corrected chi connectivity index (χ2v) is 9.36. The third kappa shape index (κ3) is 4.38. The topological polar surface area (TPSA) is 129 Å². The lowest BCUT2D eigenvalue weighted by molar-refractivity contribution is -0.159. The number of aromatic nitrogens is 4. The van der Waals surface area contributed by atoms with Crippen molar-refractivity contribution in [2.75, 3.05) is 20.8 Å². The minimum absolute atomic E-state index is 0.0323. The van der Waals surface area contributed by atoms with Crippen LogP contribution in [0.2, 0.25) is 0 Å². The molecule has 1 aliphatic carbocycles. The Morgan fingerprint density at radius 2 is 1.97 bits per heavy atom. The molecular weight excluding hydrogens is 450 g/mol. The average Bonchev–Trinajstić information content (AvgIpc) is 3.52. The zero-order valence-electron chi connectivity index (χ0n) is 20.3. The molecular formula is C24H29N7O4. The first kappa shape index (κ1) is 23.3. The molecule has 1 aliphatic heterocycles. The van der Waals surface area contributed by atoms with Crippen LogP contribution in [0.15, 0.2) is 36.0 Å². The van der Waals surface area contributed by atoms with Crippen LogP contribution < -0.4 is 9.47 Å². The number of azide groups is 1. The van der Waals surface area contributed by atoms with E-state index in [9.17, 15) is 0 Å². The smallest absolute Gasteiger partial charge is 0.163 e. The molecule has 0 bridgehead atoms. The van der Waals surface area contributed by atoms with Gasteiger partial charge in [-0.15, -0.1) is 0 Å². The molecule has 3 aromatic rings. The number of fused-ring (bicyclic) bond motifs is 2. The van der Waals surface area contributed by atoms with Crippen molar-refractivity contribution < 1.29 is 18.9 Å². The van der Waals surface area contributed by atoms with Gasteiger partial charge in [0.1, 0.15) is 29.4 Å². The molecule has 2 fully saturated rings. The van der Waals surface area contributed by atoms with E-state index in [1.165, 1.54) is 0 Å². The van der Waals surface area contributed by atoms with Gasteiger partial charge in [-0.2, -0.15) is 0 Å². The van der Waals surface area contributed by atoms with Gasteiger partial charge in [0.05, 0.1) is 38.4 Å². The summed E-state index contributed by atoms with van der Waals surface area (Å²) in [5, 5.41) is 3.81. The molecule has 11 heteroatoms. The van der Waals surface area contributed by atoms with Gasteiger partial charge in [-0.3, -0.25) is 0 Å². The Bertz CT molecular complexity index is 1270. The third-order valence-corrected chi connectivity index (χ3v) is 6.85. The second kappa shape index (κ2) is 9.33. The molecule has 2 aromatic heterocycles. The van der Waals surface area contributed by atoms with E-state index in [1.807, 2.05) is 38.4 Å². The Labute approximate surface area is 203 Å². The minimum Gasteiger partial charge on any atom is -0.497 e. The maximum Gasteiger partial charge on any atom is 0.163 e. The van der Waals surface area contributed by atoms with Crippen LogP contribution in [0.3, 0.4) is 0 Å². The van der Waals surface area contributed by atoms with Gasteiger partial charge in [-0.25, -0.2) is 15.0 Å². The summed E-state index contributed by atoms with van der Waals surface area (Å²) in [5.41, 5.74) is 12.3. The zero-order valence-corrected chi connectivity index (χ0v) is 20.3. The first-order valence-corrected chi connectivity index (χ1v) is 11.7. The first-order valence-electron chi connectivity index (χ1n) is 11.7. The van der Waals surface area contributed by atoms with Crippen molar-refractivity contribution in [2.24, 2.45) is 11.0 Å². The van der Waals surface area contributed by atoms with Crippen LogP contribution in [-0.2, 0) is 22.3 Å². The molecule has 1 saturated heterocycles. The lowest BCUT2D eigenvalue weighted by Gasteiger charge is -2.23. The predicted molar refractivity (Wildman–Crippen MR) is 127 cm³/mol. The molecule has 0 radical (unpaired) electrons. The summed E-state index contributed by atoms with van der Waals surface area (Å²) >= 11 is 0. The number of hydrogen-bond donors (Lipinski definition) is 0. The number of hydrogen-bond acceptors (Lipinski definition) is 8. The predicted octanol–water partition coefficient (Wildman–Crippen LogP) is 4.02. The zero-order chi connectivity index (χ0) is 24.6. The van der Waals surface area contributed by atoms with Crippen LogP contribution in [0.5, 0.6) is 11.5 Å². The maximum atomic E-state index is 8.82. The number of methoxy groups -OCH3 is 2. The van der Waals surface area contributed by atoms with E-state index in [1.54, 1.807) is 20.5 Å². The van der Waals surface area contributed by atoms with Gasteiger partial charge < -0.3 is 23.5 Å². The van der Waals surface area contributed by atoms with Gasteiger partial charge in [-0.05, 0) is 56.2 Å². The molecule has 2 aliphatic rings. The highest BCUT2D eigenvalue weighted by Gasteiger charge is 2.54. The highest BCUT2D eigenvalue weighted by atomic mass is 16.8. The Morgan fingerprint density at radius 1 is 1.14 bits per heavy atom. The number of ether oxygens (including phenoxy) is 4. The number of imidazole rings is 1. The van der Waals surface area contributed by atoms with Crippen molar-refractivity contribution in [1.29, 1.82) is 0 Å². The summed E-state index contributed by atoms with van der Waals surface area (Å²) in [7, 11) is 3.29. The molecule has 4 atom stereocenters. The number of nitrogens with zero attached hydrogens (tertiary/aromatic N) is 7. The molecule has 0 amide bonds. The monoisotopic (exact) mass is 479 g/mol. The molecule has 0 spiro atoms. The molecule has 11 nitrogen and oxygen atoms in total. The standard InChI is InChI=1S/C24H29N7O4/c1-24(2)34-21-15(11-29-30-25)9-18(22(21)35-24)31-13-28-20-17(26-12-27-23(20)31)8-6-14-5-7-16(32-3)10-19(14)33-4/h5,7,10,12-13,15,18,21-22H,6,8-9,11H2,1-4H3/t15-,18-,21-,22+/m1/s1. The summed E-state index contributed by atoms with van der Waals surface area (Å²) < 4.78 is 25.4. The van der Waals surface area contributed by atoms with E-state index in [-0.39, 0.29) is 24.2 Å². The number of rotatable bonds is 8. The first-order chi connectivity index (χ1) is 16.9. The Hall–Kier alpha value is -3.40. The van der Waals surface area contributed by atoms with Crippen LogP contribution in [0, 0.1) is 5.92 Å². The van der Waals surface area contributed by atoms with Gasteiger partial charge in [0, 0.05) is 17.5 Å². The Balaban J connectivity index is 1.41. The van der Waals surface area contributed by atoms with Gasteiger partial charge >= 0.3 is 0 Å². The lowest BCUT2D eigenvalue weighted by atomic mass is 10.1. The molecule has 35 heavy (non-hydrogen) atoms. The van der Waals surface area contributed by atoms with Crippen molar-refractivity contribution in [1.82, 2.24) is 19.5 Å². The van der Waals surface area contributed by atoms with Crippen molar-refractivity contribution in [3.05, 3.63) is 52.6 Å². The van der Waals surface area contributed by atoms with Crippen molar-refractivity contribution in [3.8, 4) is 11.5 Å². The summed E-state index contributed by atoms with van der Waals surface area (Å²) in [6, 6.07) is 5.79. The molecule has 1 saturated carbocycles. The van der Waals surface area contributed by atoms with E-state index in [0.29, 0.717) is 13.0 Å². The van der Waals surface area contributed by atoms with Gasteiger partial charge in [0.2, 0.25) is 0 Å². The highest BCUT2D eigenvalue weighted by Crippen LogP contribution is 2.47. The fourth-order valence-corrected chi connectivity index (χ4v) is 5.29.